The number of aromatic nitrogens is 4. The molecule has 0 amide bonds. The lowest BCUT2D eigenvalue weighted by Crippen LogP contribution is -2.39. The van der Waals surface area contributed by atoms with E-state index in [1.807, 2.05) is 60.1 Å². The van der Waals surface area contributed by atoms with Crippen LogP contribution in [0.3, 0.4) is 0 Å². The number of fused-ring (bicyclic) bond motifs is 1. The molecule has 2 aromatic heterocycles. The van der Waals surface area contributed by atoms with Crippen molar-refractivity contribution in [3.05, 3.63) is 55.0 Å². The summed E-state index contributed by atoms with van der Waals surface area (Å²) in [6.45, 7) is 5.30. The van der Waals surface area contributed by atoms with Gasteiger partial charge >= 0.3 is 0 Å². The highest BCUT2D eigenvalue weighted by Gasteiger charge is 2.33. The van der Waals surface area contributed by atoms with Gasteiger partial charge in [0.15, 0.2) is 3.68 Å². The van der Waals surface area contributed by atoms with Crippen molar-refractivity contribution in [2.24, 2.45) is 13.0 Å². The molecule has 1 fully saturated rings. The Hall–Kier alpha value is -2.99. The number of aryl methyl sites for hydroxylation is 1. The molecule has 2 aromatic carbocycles. The van der Waals surface area contributed by atoms with Crippen LogP contribution in [0.25, 0.3) is 22.3 Å². The van der Waals surface area contributed by atoms with Crippen LogP contribution in [0.5, 0.6) is 11.5 Å². The zero-order valence-corrected chi connectivity index (χ0v) is 25.6. The average Bonchev–Trinajstić information content (AvgIpc) is 3.40. The van der Waals surface area contributed by atoms with Gasteiger partial charge in [-0.1, -0.05) is 0 Å². The Balaban J connectivity index is 1.41. The minimum atomic E-state index is -1.14. The van der Waals surface area contributed by atoms with E-state index in [1.54, 1.807) is 38.2 Å². The first-order valence-corrected chi connectivity index (χ1v) is 14.7. The summed E-state index contributed by atoms with van der Waals surface area (Å²) in [5.41, 5.74) is 5.34. The summed E-state index contributed by atoms with van der Waals surface area (Å²) in [6, 6.07) is 12.1. The zero-order chi connectivity index (χ0) is 28.3. The van der Waals surface area contributed by atoms with E-state index in [2.05, 4.69) is 32.0 Å². The van der Waals surface area contributed by atoms with Crippen LogP contribution in [0, 0.1) is 5.92 Å². The third-order valence-electron chi connectivity index (χ3n) is 7.65. The molecule has 0 spiro atoms. The molecule has 1 saturated heterocycles. The number of anilines is 2. The summed E-state index contributed by atoms with van der Waals surface area (Å²) in [4.78, 5) is 14.3. The zero-order valence-electron chi connectivity index (χ0n) is 23.5. The van der Waals surface area contributed by atoms with Crippen molar-refractivity contribution in [2.75, 3.05) is 45.3 Å². The Bertz CT molecular complexity index is 1430. The van der Waals surface area contributed by atoms with E-state index in [0.29, 0.717) is 0 Å². The van der Waals surface area contributed by atoms with Gasteiger partial charge in [-0.2, -0.15) is 5.10 Å². The van der Waals surface area contributed by atoms with Crippen molar-refractivity contribution >= 4 is 45.0 Å². The van der Waals surface area contributed by atoms with E-state index >= 15 is 0 Å². The quantitative estimate of drug-likeness (QED) is 0.144. The normalized spacial score (nSPS) is 16.1. The monoisotopic (exact) mass is 658 g/mol. The lowest BCUT2D eigenvalue weighted by Gasteiger charge is -2.36. The number of likely N-dealkylation sites (tertiary alicyclic amines) is 1. The molecule has 10 heteroatoms. The molecule has 40 heavy (non-hydrogen) atoms. The molecule has 3 heterocycles. The van der Waals surface area contributed by atoms with Crippen molar-refractivity contribution < 1.29 is 13.9 Å². The first-order valence-electron chi connectivity index (χ1n) is 13.6. The molecule has 5 rings (SSSR count). The van der Waals surface area contributed by atoms with Crippen LogP contribution in [0.2, 0.25) is 0 Å². The number of methoxy groups -OCH3 is 2. The smallest absolute Gasteiger partial charge is 0.161 e. The lowest BCUT2D eigenvalue weighted by molar-refractivity contribution is 0.120. The molecule has 1 aliphatic rings. The first-order chi connectivity index (χ1) is 19.2. The third kappa shape index (κ3) is 6.65. The number of rotatable bonds is 10. The fourth-order valence-electron chi connectivity index (χ4n) is 5.33. The molecule has 1 unspecified atom stereocenters. The maximum absolute atomic E-state index is 14.4. The van der Waals surface area contributed by atoms with Crippen molar-refractivity contribution in [1.82, 2.24) is 24.6 Å². The molecule has 212 valence electrons. The number of ether oxygens (including phenoxy) is 2. The number of hydrogen-bond acceptors (Lipinski definition) is 7. The van der Waals surface area contributed by atoms with Crippen LogP contribution >= 0.6 is 22.6 Å². The van der Waals surface area contributed by atoms with Gasteiger partial charge in [-0.3, -0.25) is 9.67 Å². The van der Waals surface area contributed by atoms with Crippen LogP contribution < -0.4 is 14.4 Å². The number of benzene rings is 2. The number of alkyl halides is 2. The van der Waals surface area contributed by atoms with Crippen molar-refractivity contribution in [3.8, 4) is 22.8 Å². The summed E-state index contributed by atoms with van der Waals surface area (Å²) in [7, 11) is 5.21. The molecule has 0 radical (unpaired) electrons. The molecular weight excluding hydrogens is 622 g/mol. The summed E-state index contributed by atoms with van der Waals surface area (Å²) in [5.74, 6) is 1.59. The SMILES string of the molecule is COc1cc(OC)cc(N(CCCN2CCC(C(C)(F)I)CC2)c2ccc3ncc(-c4cnn(C)c4)nc3c2)c1. The van der Waals surface area contributed by atoms with Gasteiger partial charge in [0.05, 0.1) is 43.3 Å². The Morgan fingerprint density at radius 3 is 2.38 bits per heavy atom. The Kier molecular flexibility index (Phi) is 8.74. The van der Waals surface area contributed by atoms with Crippen molar-refractivity contribution in [1.29, 1.82) is 0 Å². The number of piperidine rings is 1. The van der Waals surface area contributed by atoms with Crippen LogP contribution in [-0.2, 0) is 7.05 Å². The second-order valence-electron chi connectivity index (χ2n) is 10.5. The molecule has 0 aliphatic carbocycles. The van der Waals surface area contributed by atoms with E-state index in [-0.39, 0.29) is 5.92 Å². The second-order valence-corrected chi connectivity index (χ2v) is 12.6. The predicted molar refractivity (Wildman–Crippen MR) is 166 cm³/mol. The maximum Gasteiger partial charge on any atom is 0.161 e. The minimum Gasteiger partial charge on any atom is -0.497 e. The largest absolute Gasteiger partial charge is 0.497 e. The highest BCUT2D eigenvalue weighted by Crippen LogP contribution is 2.37. The Morgan fingerprint density at radius 2 is 1.75 bits per heavy atom. The molecular formula is C30H36FIN6O2. The molecule has 0 bridgehead atoms. The molecule has 4 aromatic rings. The highest BCUT2D eigenvalue weighted by atomic mass is 127. The first kappa shape index (κ1) is 28.5. The van der Waals surface area contributed by atoms with Gasteiger partial charge in [-0.15, -0.1) is 0 Å². The fourth-order valence-corrected chi connectivity index (χ4v) is 5.95. The topological polar surface area (TPSA) is 68.5 Å². The summed E-state index contributed by atoms with van der Waals surface area (Å²) >= 11 is 1.95. The van der Waals surface area contributed by atoms with Crippen LogP contribution in [0.1, 0.15) is 26.2 Å². The predicted octanol–water partition coefficient (Wildman–Crippen LogP) is 6.41. The number of halogens is 2. The summed E-state index contributed by atoms with van der Waals surface area (Å²) in [6.07, 6.45) is 8.26. The Labute approximate surface area is 248 Å². The van der Waals surface area contributed by atoms with Gasteiger partial charge in [0.1, 0.15) is 11.5 Å². The molecule has 1 atom stereocenters. The number of hydrogen-bond donors (Lipinski definition) is 0. The van der Waals surface area contributed by atoms with Crippen LogP contribution in [0.15, 0.2) is 55.0 Å². The van der Waals surface area contributed by atoms with Crippen molar-refractivity contribution in [2.45, 2.75) is 29.9 Å². The van der Waals surface area contributed by atoms with Gasteiger partial charge in [-0.05, 0) is 86.6 Å². The summed E-state index contributed by atoms with van der Waals surface area (Å²) < 4.78 is 26.2. The fraction of sp³-hybridized carbons (Fsp3) is 0.433. The highest BCUT2D eigenvalue weighted by molar-refractivity contribution is 14.1. The van der Waals surface area contributed by atoms with Crippen LogP contribution in [0.4, 0.5) is 15.8 Å². The number of nitrogens with zero attached hydrogens (tertiary/aromatic N) is 6. The second kappa shape index (κ2) is 12.3. The molecule has 8 nitrogen and oxygen atoms in total. The van der Waals surface area contributed by atoms with E-state index in [0.717, 1.165) is 90.6 Å². The van der Waals surface area contributed by atoms with E-state index in [1.165, 1.54) is 0 Å². The standard InChI is InChI=1S/C30H36FIN6O2/c1-30(31,32)22-8-12-37(13-9-22)10-5-11-38(24-14-25(39-3)17-26(15-24)40-4)23-6-7-27-28(16-23)35-29(19-33-27)21-18-34-36(2)20-21/h6-7,14-20,22H,5,8-13H2,1-4H3. The van der Waals surface area contributed by atoms with Crippen LogP contribution in [-0.4, -0.2) is 68.7 Å². The van der Waals surface area contributed by atoms with E-state index in [4.69, 9.17) is 14.5 Å². The van der Waals surface area contributed by atoms with Gasteiger partial charge in [0.25, 0.3) is 0 Å². The Morgan fingerprint density at radius 1 is 1.02 bits per heavy atom. The average molecular weight is 659 g/mol. The van der Waals surface area contributed by atoms with Gasteiger partial charge in [0, 0.05) is 60.8 Å². The minimum absolute atomic E-state index is 0.125. The lowest BCUT2D eigenvalue weighted by atomic mass is 9.93. The van der Waals surface area contributed by atoms with Gasteiger partial charge in [0.2, 0.25) is 0 Å². The molecule has 1 aliphatic heterocycles. The van der Waals surface area contributed by atoms with E-state index < -0.39 is 3.68 Å². The summed E-state index contributed by atoms with van der Waals surface area (Å²) in [5, 5.41) is 4.27. The maximum atomic E-state index is 14.4. The third-order valence-corrected chi connectivity index (χ3v) is 8.53. The van der Waals surface area contributed by atoms with E-state index in [9.17, 15) is 4.39 Å². The molecule has 0 N–H and O–H groups in total. The molecule has 0 saturated carbocycles. The van der Waals surface area contributed by atoms with Crippen molar-refractivity contribution in [3.63, 3.8) is 0 Å². The van der Waals surface area contributed by atoms with Gasteiger partial charge < -0.3 is 19.3 Å². The van der Waals surface area contributed by atoms with Gasteiger partial charge in [-0.25, -0.2) is 9.37 Å².